The lowest BCUT2D eigenvalue weighted by Crippen LogP contribution is -2.02. The second kappa shape index (κ2) is 4.79. The molecule has 0 unspecified atom stereocenters. The summed E-state index contributed by atoms with van der Waals surface area (Å²) in [6.07, 6.45) is 0. The van der Waals surface area contributed by atoms with Crippen LogP contribution in [0.3, 0.4) is 0 Å². The second-order valence-electron chi connectivity index (χ2n) is 3.77. The molecule has 0 aliphatic heterocycles. The Labute approximate surface area is 94.9 Å². The fourth-order valence-electron chi connectivity index (χ4n) is 1.60. The fraction of sp³-hybridized carbons (Fsp3) is 0.143. The number of aryl methyl sites for hydroxylation is 1. The van der Waals surface area contributed by atoms with Crippen LogP contribution in [-0.2, 0) is 6.54 Å². The third-order valence-electron chi connectivity index (χ3n) is 2.53. The highest BCUT2D eigenvalue weighted by Gasteiger charge is 2.03. The summed E-state index contributed by atoms with van der Waals surface area (Å²) < 4.78 is 13.7. The van der Waals surface area contributed by atoms with Gasteiger partial charge in [0.05, 0.1) is 0 Å². The molecule has 16 heavy (non-hydrogen) atoms. The zero-order chi connectivity index (χ0) is 11.4. The van der Waals surface area contributed by atoms with Gasteiger partial charge < -0.3 is 5.32 Å². The first-order valence-corrected chi connectivity index (χ1v) is 5.30. The first kappa shape index (κ1) is 10.7. The van der Waals surface area contributed by atoms with Gasteiger partial charge in [-0.05, 0) is 24.6 Å². The summed E-state index contributed by atoms with van der Waals surface area (Å²) in [5.74, 6) is -0.120. The van der Waals surface area contributed by atoms with Gasteiger partial charge in [0.25, 0.3) is 0 Å². The number of halogens is 1. The van der Waals surface area contributed by atoms with Gasteiger partial charge in [-0.25, -0.2) is 4.39 Å². The minimum atomic E-state index is -0.120. The van der Waals surface area contributed by atoms with E-state index in [1.165, 1.54) is 0 Å². The Morgan fingerprint density at radius 2 is 1.75 bits per heavy atom. The highest BCUT2D eigenvalue weighted by atomic mass is 19.1. The Morgan fingerprint density at radius 1 is 1.00 bits per heavy atom. The van der Waals surface area contributed by atoms with Gasteiger partial charge in [0.1, 0.15) is 5.82 Å². The van der Waals surface area contributed by atoms with Crippen LogP contribution in [0.5, 0.6) is 0 Å². The fourth-order valence-corrected chi connectivity index (χ4v) is 1.60. The van der Waals surface area contributed by atoms with Gasteiger partial charge in [-0.3, -0.25) is 0 Å². The largest absolute Gasteiger partial charge is 0.381 e. The Hall–Kier alpha value is -1.83. The van der Waals surface area contributed by atoms with Crippen LogP contribution in [0.1, 0.15) is 11.1 Å². The van der Waals surface area contributed by atoms with Gasteiger partial charge in [0.15, 0.2) is 0 Å². The summed E-state index contributed by atoms with van der Waals surface area (Å²) >= 11 is 0. The summed E-state index contributed by atoms with van der Waals surface area (Å²) in [6.45, 7) is 2.29. The van der Waals surface area contributed by atoms with E-state index in [0.29, 0.717) is 17.7 Å². The SMILES string of the molecule is Cc1cccc(CNc2ccccc2)c1F. The summed E-state index contributed by atoms with van der Waals surface area (Å²) in [6, 6.07) is 15.3. The van der Waals surface area contributed by atoms with Crippen molar-refractivity contribution in [2.24, 2.45) is 0 Å². The number of anilines is 1. The third kappa shape index (κ3) is 2.40. The summed E-state index contributed by atoms with van der Waals surface area (Å²) in [5.41, 5.74) is 2.39. The highest BCUT2D eigenvalue weighted by molar-refractivity contribution is 5.43. The molecule has 0 amide bonds. The maximum atomic E-state index is 13.7. The summed E-state index contributed by atoms with van der Waals surface area (Å²) in [4.78, 5) is 0. The molecule has 2 rings (SSSR count). The lowest BCUT2D eigenvalue weighted by molar-refractivity contribution is 0.604. The van der Waals surface area contributed by atoms with E-state index in [-0.39, 0.29) is 5.82 Å². The quantitative estimate of drug-likeness (QED) is 0.822. The highest BCUT2D eigenvalue weighted by Crippen LogP contribution is 2.14. The normalized spacial score (nSPS) is 10.1. The average Bonchev–Trinajstić information content (AvgIpc) is 2.32. The van der Waals surface area contributed by atoms with Crippen molar-refractivity contribution in [3.63, 3.8) is 0 Å². The Morgan fingerprint density at radius 3 is 2.50 bits per heavy atom. The van der Waals surface area contributed by atoms with Crippen molar-refractivity contribution in [2.45, 2.75) is 13.5 Å². The minimum absolute atomic E-state index is 0.120. The average molecular weight is 215 g/mol. The van der Waals surface area contributed by atoms with Gasteiger partial charge in [-0.2, -0.15) is 0 Å². The first-order chi connectivity index (χ1) is 7.77. The molecule has 2 aromatic rings. The number of benzene rings is 2. The molecular formula is C14H14FN. The predicted molar refractivity (Wildman–Crippen MR) is 64.9 cm³/mol. The number of rotatable bonds is 3. The third-order valence-corrected chi connectivity index (χ3v) is 2.53. The van der Waals surface area contributed by atoms with E-state index in [1.807, 2.05) is 36.4 Å². The van der Waals surface area contributed by atoms with E-state index in [9.17, 15) is 4.39 Å². The monoisotopic (exact) mass is 215 g/mol. The minimum Gasteiger partial charge on any atom is -0.381 e. The molecule has 0 radical (unpaired) electrons. The zero-order valence-electron chi connectivity index (χ0n) is 9.20. The molecule has 0 saturated heterocycles. The van der Waals surface area contributed by atoms with Gasteiger partial charge >= 0.3 is 0 Å². The van der Waals surface area contributed by atoms with Crippen LogP contribution in [0.2, 0.25) is 0 Å². The standard InChI is InChI=1S/C14H14FN/c1-11-6-5-7-12(14(11)15)10-16-13-8-3-2-4-9-13/h2-9,16H,10H2,1H3. The maximum Gasteiger partial charge on any atom is 0.131 e. The van der Waals surface area contributed by atoms with Crippen LogP contribution >= 0.6 is 0 Å². The molecule has 0 heterocycles. The van der Waals surface area contributed by atoms with Crippen LogP contribution in [0.4, 0.5) is 10.1 Å². The Bertz CT molecular complexity index is 465. The van der Waals surface area contributed by atoms with E-state index in [1.54, 1.807) is 19.1 Å². The van der Waals surface area contributed by atoms with Gasteiger partial charge in [0, 0.05) is 17.8 Å². The molecule has 0 saturated carbocycles. The maximum absolute atomic E-state index is 13.7. The predicted octanol–water partition coefficient (Wildman–Crippen LogP) is 3.75. The molecule has 0 spiro atoms. The molecule has 1 nitrogen and oxygen atoms in total. The molecule has 0 aliphatic carbocycles. The van der Waals surface area contributed by atoms with Crippen molar-refractivity contribution in [1.29, 1.82) is 0 Å². The van der Waals surface area contributed by atoms with Gasteiger partial charge in [0.2, 0.25) is 0 Å². The zero-order valence-corrected chi connectivity index (χ0v) is 9.20. The molecular weight excluding hydrogens is 201 g/mol. The van der Waals surface area contributed by atoms with Crippen molar-refractivity contribution in [2.75, 3.05) is 5.32 Å². The van der Waals surface area contributed by atoms with Crippen LogP contribution in [-0.4, -0.2) is 0 Å². The summed E-state index contributed by atoms with van der Waals surface area (Å²) in [5, 5.41) is 3.19. The van der Waals surface area contributed by atoms with E-state index >= 15 is 0 Å². The molecule has 0 bridgehead atoms. The molecule has 82 valence electrons. The Kier molecular flexibility index (Phi) is 3.20. The van der Waals surface area contributed by atoms with Crippen molar-refractivity contribution in [3.8, 4) is 0 Å². The van der Waals surface area contributed by atoms with Crippen molar-refractivity contribution >= 4 is 5.69 Å². The molecule has 2 aromatic carbocycles. The smallest absolute Gasteiger partial charge is 0.131 e. The van der Waals surface area contributed by atoms with Crippen LogP contribution < -0.4 is 5.32 Å². The second-order valence-corrected chi connectivity index (χ2v) is 3.77. The lowest BCUT2D eigenvalue weighted by Gasteiger charge is -2.08. The van der Waals surface area contributed by atoms with Crippen LogP contribution in [0, 0.1) is 12.7 Å². The number of hydrogen-bond donors (Lipinski definition) is 1. The molecule has 0 fully saturated rings. The Balaban J connectivity index is 2.08. The molecule has 0 atom stereocenters. The molecule has 1 N–H and O–H groups in total. The molecule has 2 heteroatoms. The van der Waals surface area contributed by atoms with Gasteiger partial charge in [-0.1, -0.05) is 36.4 Å². The number of para-hydroxylation sites is 1. The van der Waals surface area contributed by atoms with Gasteiger partial charge in [-0.15, -0.1) is 0 Å². The first-order valence-electron chi connectivity index (χ1n) is 5.30. The summed E-state index contributed by atoms with van der Waals surface area (Å²) in [7, 11) is 0. The van der Waals surface area contributed by atoms with E-state index in [0.717, 1.165) is 5.69 Å². The van der Waals surface area contributed by atoms with E-state index in [4.69, 9.17) is 0 Å². The van der Waals surface area contributed by atoms with Crippen molar-refractivity contribution < 1.29 is 4.39 Å². The number of hydrogen-bond acceptors (Lipinski definition) is 1. The molecule has 0 aromatic heterocycles. The van der Waals surface area contributed by atoms with E-state index < -0.39 is 0 Å². The topological polar surface area (TPSA) is 12.0 Å². The van der Waals surface area contributed by atoms with Crippen molar-refractivity contribution in [3.05, 3.63) is 65.5 Å². The van der Waals surface area contributed by atoms with Crippen molar-refractivity contribution in [1.82, 2.24) is 0 Å². The number of nitrogens with one attached hydrogen (secondary N) is 1. The van der Waals surface area contributed by atoms with E-state index in [2.05, 4.69) is 5.32 Å². The van der Waals surface area contributed by atoms with Crippen LogP contribution in [0.15, 0.2) is 48.5 Å². The molecule has 0 aliphatic rings. The lowest BCUT2D eigenvalue weighted by atomic mass is 10.1. The van der Waals surface area contributed by atoms with Crippen LogP contribution in [0.25, 0.3) is 0 Å².